The third kappa shape index (κ3) is 4.06. The van der Waals surface area contributed by atoms with Crippen molar-refractivity contribution in [2.24, 2.45) is 0 Å². The summed E-state index contributed by atoms with van der Waals surface area (Å²) in [5, 5.41) is 7.18. The molecule has 144 valence electrons. The number of hydrogen-bond acceptors (Lipinski definition) is 2. The van der Waals surface area contributed by atoms with Crippen molar-refractivity contribution < 1.29 is 13.6 Å². The molecule has 3 aromatic carbocycles. The molecule has 6 heteroatoms. The van der Waals surface area contributed by atoms with Crippen molar-refractivity contribution in [3.05, 3.63) is 90.3 Å². The molecule has 0 aliphatic rings. The maximum atomic E-state index is 13.7. The Bertz CT molecular complexity index is 1220. The van der Waals surface area contributed by atoms with Crippen LogP contribution in [0.5, 0.6) is 0 Å². The average Bonchev–Trinajstić information content (AvgIpc) is 2.71. The van der Waals surface area contributed by atoms with Crippen LogP contribution in [0.4, 0.5) is 25.0 Å². The van der Waals surface area contributed by atoms with Gasteiger partial charge in [0.05, 0.1) is 5.69 Å². The lowest BCUT2D eigenvalue weighted by Gasteiger charge is -2.12. The van der Waals surface area contributed by atoms with Crippen molar-refractivity contribution in [3.8, 4) is 11.1 Å². The fourth-order valence-electron chi connectivity index (χ4n) is 3.14. The number of halogens is 2. The number of amides is 2. The quantitative estimate of drug-likeness (QED) is 0.443. The molecule has 0 spiro atoms. The Balaban J connectivity index is 1.58. The van der Waals surface area contributed by atoms with Gasteiger partial charge in [0.2, 0.25) is 0 Å². The first kappa shape index (κ1) is 18.6. The zero-order valence-electron chi connectivity index (χ0n) is 15.5. The lowest BCUT2D eigenvalue weighted by molar-refractivity contribution is 0.262. The second kappa shape index (κ2) is 7.67. The number of anilines is 2. The molecular formula is C23H17F2N3O. The van der Waals surface area contributed by atoms with E-state index in [-0.39, 0.29) is 5.69 Å². The SMILES string of the molecule is Cc1ccc(NC(=O)Nc2ccc(F)cc2F)cc1-c1ccc2ccncc2c1. The minimum atomic E-state index is -0.838. The Morgan fingerprint density at radius 3 is 2.59 bits per heavy atom. The van der Waals surface area contributed by atoms with Crippen LogP contribution in [0.25, 0.3) is 21.9 Å². The molecule has 0 aliphatic carbocycles. The highest BCUT2D eigenvalue weighted by atomic mass is 19.1. The summed E-state index contributed by atoms with van der Waals surface area (Å²) in [5.41, 5.74) is 3.46. The van der Waals surface area contributed by atoms with Gasteiger partial charge in [-0.2, -0.15) is 0 Å². The molecule has 0 fully saturated rings. The van der Waals surface area contributed by atoms with E-state index in [1.165, 1.54) is 6.07 Å². The minimum absolute atomic E-state index is 0.0988. The van der Waals surface area contributed by atoms with Crippen LogP contribution in [0, 0.1) is 18.6 Å². The first-order valence-corrected chi connectivity index (χ1v) is 8.97. The number of rotatable bonds is 3. The normalized spacial score (nSPS) is 10.7. The average molecular weight is 389 g/mol. The van der Waals surface area contributed by atoms with E-state index in [1.807, 2.05) is 43.3 Å². The van der Waals surface area contributed by atoms with Gasteiger partial charge in [0.1, 0.15) is 11.6 Å². The van der Waals surface area contributed by atoms with Crippen LogP contribution in [0.1, 0.15) is 5.56 Å². The molecule has 0 bridgehead atoms. The third-order valence-electron chi connectivity index (χ3n) is 4.63. The molecule has 0 unspecified atom stereocenters. The monoisotopic (exact) mass is 389 g/mol. The Morgan fingerprint density at radius 1 is 0.897 bits per heavy atom. The standard InChI is InChI=1S/C23H17F2N3O/c1-14-2-6-19(27-23(29)28-22-7-5-18(24)11-21(22)25)12-20(14)16-4-3-15-8-9-26-13-17(15)10-16/h2-13H,1H3,(H2,27,28,29). The summed E-state index contributed by atoms with van der Waals surface area (Å²) in [6.45, 7) is 1.99. The largest absolute Gasteiger partial charge is 0.323 e. The van der Waals surface area contributed by atoms with Gasteiger partial charge in [-0.3, -0.25) is 4.98 Å². The van der Waals surface area contributed by atoms with Crippen LogP contribution < -0.4 is 10.6 Å². The van der Waals surface area contributed by atoms with Gasteiger partial charge >= 0.3 is 6.03 Å². The molecule has 29 heavy (non-hydrogen) atoms. The molecule has 0 saturated carbocycles. The molecule has 1 heterocycles. The number of carbonyl (C=O) groups excluding carboxylic acids is 1. The minimum Gasteiger partial charge on any atom is -0.308 e. The maximum Gasteiger partial charge on any atom is 0.323 e. The number of aryl methyl sites for hydroxylation is 1. The summed E-state index contributed by atoms with van der Waals surface area (Å²) in [5.74, 6) is -1.54. The molecule has 4 rings (SSSR count). The van der Waals surface area contributed by atoms with E-state index in [0.29, 0.717) is 11.8 Å². The van der Waals surface area contributed by atoms with Crippen LogP contribution in [0.3, 0.4) is 0 Å². The van der Waals surface area contributed by atoms with Crippen molar-refractivity contribution in [3.63, 3.8) is 0 Å². The third-order valence-corrected chi connectivity index (χ3v) is 4.63. The fourth-order valence-corrected chi connectivity index (χ4v) is 3.14. The number of carbonyl (C=O) groups is 1. The maximum absolute atomic E-state index is 13.7. The van der Waals surface area contributed by atoms with Crippen molar-refractivity contribution >= 4 is 28.2 Å². The number of benzene rings is 3. The summed E-state index contributed by atoms with van der Waals surface area (Å²) in [6.07, 6.45) is 3.56. The smallest absolute Gasteiger partial charge is 0.308 e. The molecule has 2 amide bonds. The number of hydrogen-bond donors (Lipinski definition) is 2. The molecule has 0 radical (unpaired) electrons. The van der Waals surface area contributed by atoms with Crippen molar-refractivity contribution in [1.82, 2.24) is 4.98 Å². The van der Waals surface area contributed by atoms with Crippen LogP contribution in [-0.4, -0.2) is 11.0 Å². The zero-order chi connectivity index (χ0) is 20.4. The first-order valence-electron chi connectivity index (χ1n) is 8.97. The Hall–Kier alpha value is -3.80. The Labute approximate surface area is 166 Å². The highest BCUT2D eigenvalue weighted by Crippen LogP contribution is 2.29. The molecular weight excluding hydrogens is 372 g/mol. The summed E-state index contributed by atoms with van der Waals surface area (Å²) >= 11 is 0. The van der Waals surface area contributed by atoms with Crippen molar-refractivity contribution in [2.75, 3.05) is 10.6 Å². The number of nitrogens with zero attached hydrogens (tertiary/aromatic N) is 1. The van der Waals surface area contributed by atoms with Crippen LogP contribution >= 0.6 is 0 Å². The molecule has 2 N–H and O–H groups in total. The van der Waals surface area contributed by atoms with E-state index in [2.05, 4.69) is 15.6 Å². The van der Waals surface area contributed by atoms with Gasteiger partial charge in [0.25, 0.3) is 0 Å². The Kier molecular flexibility index (Phi) is 4.91. The van der Waals surface area contributed by atoms with E-state index in [9.17, 15) is 13.6 Å². The number of nitrogens with one attached hydrogen (secondary N) is 2. The lowest BCUT2D eigenvalue weighted by atomic mass is 9.98. The van der Waals surface area contributed by atoms with Gasteiger partial charge in [-0.1, -0.05) is 18.2 Å². The lowest BCUT2D eigenvalue weighted by Crippen LogP contribution is -2.20. The summed E-state index contributed by atoms with van der Waals surface area (Å²) in [4.78, 5) is 16.4. The van der Waals surface area contributed by atoms with Gasteiger partial charge in [-0.05, 0) is 65.4 Å². The topological polar surface area (TPSA) is 54.0 Å². The molecule has 0 atom stereocenters. The van der Waals surface area contributed by atoms with E-state index in [4.69, 9.17) is 0 Å². The molecule has 0 aliphatic heterocycles. The number of fused-ring (bicyclic) bond motifs is 1. The highest BCUT2D eigenvalue weighted by molar-refractivity contribution is 6.00. The van der Waals surface area contributed by atoms with Crippen molar-refractivity contribution in [1.29, 1.82) is 0 Å². The Morgan fingerprint density at radius 2 is 1.76 bits per heavy atom. The number of pyridine rings is 1. The predicted molar refractivity (Wildman–Crippen MR) is 111 cm³/mol. The van der Waals surface area contributed by atoms with Gasteiger partial charge < -0.3 is 10.6 Å². The molecule has 0 saturated heterocycles. The highest BCUT2D eigenvalue weighted by Gasteiger charge is 2.10. The van der Waals surface area contributed by atoms with Crippen LogP contribution in [0.2, 0.25) is 0 Å². The van der Waals surface area contributed by atoms with Crippen LogP contribution in [0.15, 0.2) is 73.1 Å². The van der Waals surface area contributed by atoms with Gasteiger partial charge in [-0.15, -0.1) is 0 Å². The van der Waals surface area contributed by atoms with E-state index < -0.39 is 17.7 Å². The summed E-state index contributed by atoms with van der Waals surface area (Å²) in [6, 6.07) is 15.9. The summed E-state index contributed by atoms with van der Waals surface area (Å²) in [7, 11) is 0. The fraction of sp³-hybridized carbons (Fsp3) is 0.0435. The summed E-state index contributed by atoms with van der Waals surface area (Å²) < 4.78 is 26.7. The predicted octanol–water partition coefficient (Wildman–Crippen LogP) is 6.13. The van der Waals surface area contributed by atoms with Gasteiger partial charge in [0, 0.05) is 29.5 Å². The van der Waals surface area contributed by atoms with Gasteiger partial charge in [0.15, 0.2) is 0 Å². The van der Waals surface area contributed by atoms with E-state index in [0.717, 1.165) is 33.5 Å². The van der Waals surface area contributed by atoms with E-state index >= 15 is 0 Å². The first-order chi connectivity index (χ1) is 14.0. The van der Waals surface area contributed by atoms with Crippen LogP contribution in [-0.2, 0) is 0 Å². The molecule has 4 nitrogen and oxygen atoms in total. The second-order valence-corrected chi connectivity index (χ2v) is 6.67. The van der Waals surface area contributed by atoms with Crippen molar-refractivity contribution in [2.45, 2.75) is 6.92 Å². The zero-order valence-corrected chi connectivity index (χ0v) is 15.5. The van der Waals surface area contributed by atoms with E-state index in [1.54, 1.807) is 18.5 Å². The molecule has 1 aromatic heterocycles. The second-order valence-electron chi connectivity index (χ2n) is 6.67. The van der Waals surface area contributed by atoms with Gasteiger partial charge in [-0.25, -0.2) is 13.6 Å². The molecule has 4 aromatic rings. The number of aromatic nitrogens is 1. The number of urea groups is 1.